The van der Waals surface area contributed by atoms with Gasteiger partial charge in [-0.25, -0.2) is 0 Å². The zero-order chi connectivity index (χ0) is 9.23. The maximum Gasteiger partial charge on any atom is 0.0622 e. The third-order valence-corrected chi connectivity index (χ3v) is 2.00. The van der Waals surface area contributed by atoms with Gasteiger partial charge in [-0.15, -0.1) is 0 Å². The highest BCUT2D eigenvalue weighted by Crippen LogP contribution is 2.06. The summed E-state index contributed by atoms with van der Waals surface area (Å²) < 4.78 is 0. The zero-order valence-corrected chi connectivity index (χ0v) is 7.84. The topological polar surface area (TPSA) is 61.8 Å². The molecule has 0 bridgehead atoms. The lowest BCUT2D eigenvalue weighted by molar-refractivity contribution is 0.448. The largest absolute Gasteiger partial charge is 0.271 e. The lowest BCUT2D eigenvalue weighted by atomic mass is 10.1. The van der Waals surface area contributed by atoms with Gasteiger partial charge in [-0.3, -0.25) is 11.3 Å². The summed E-state index contributed by atoms with van der Waals surface area (Å²) in [7, 11) is 0. The third kappa shape index (κ3) is 6.14. The molecule has 0 aromatic rings. The molecule has 3 N–H and O–H groups in total. The van der Waals surface area contributed by atoms with Gasteiger partial charge in [0.1, 0.15) is 0 Å². The molecule has 0 aliphatic carbocycles. The Morgan fingerprint density at radius 3 is 2.67 bits per heavy atom. The second kappa shape index (κ2) is 8.51. The summed E-state index contributed by atoms with van der Waals surface area (Å²) in [6, 6.07) is 2.46. The van der Waals surface area contributed by atoms with E-state index in [0.29, 0.717) is 12.5 Å². The highest BCUT2D eigenvalue weighted by molar-refractivity contribution is 4.74. The van der Waals surface area contributed by atoms with Crippen LogP contribution in [-0.4, -0.2) is 6.04 Å². The van der Waals surface area contributed by atoms with Gasteiger partial charge in [0.2, 0.25) is 0 Å². The van der Waals surface area contributed by atoms with E-state index in [1.807, 2.05) is 0 Å². The fourth-order valence-corrected chi connectivity index (χ4v) is 1.19. The lowest BCUT2D eigenvalue weighted by Crippen LogP contribution is -2.34. The molecule has 0 saturated carbocycles. The van der Waals surface area contributed by atoms with Gasteiger partial charge in [-0.05, 0) is 12.8 Å². The van der Waals surface area contributed by atoms with E-state index in [1.54, 1.807) is 0 Å². The van der Waals surface area contributed by atoms with Crippen molar-refractivity contribution in [3.63, 3.8) is 0 Å². The standard InChI is InChI=1S/C9H19N3/c1-2-3-4-6-9(12-11)7-5-8-10/h9,12H,2-7,11H2,1H3. The van der Waals surface area contributed by atoms with E-state index in [0.717, 1.165) is 12.8 Å². The SMILES string of the molecule is CCCCCC(CCC#N)NN. The van der Waals surface area contributed by atoms with Gasteiger partial charge in [0.15, 0.2) is 0 Å². The Morgan fingerprint density at radius 2 is 2.17 bits per heavy atom. The fourth-order valence-electron chi connectivity index (χ4n) is 1.19. The number of nitrogens with one attached hydrogen (secondary N) is 1. The first kappa shape index (κ1) is 11.4. The van der Waals surface area contributed by atoms with Crippen molar-refractivity contribution in [1.29, 1.82) is 5.26 Å². The first-order valence-corrected chi connectivity index (χ1v) is 4.68. The Hall–Kier alpha value is -0.590. The number of nitriles is 1. The van der Waals surface area contributed by atoms with Crippen LogP contribution in [-0.2, 0) is 0 Å². The van der Waals surface area contributed by atoms with Crippen LogP contribution in [0.3, 0.4) is 0 Å². The molecular formula is C9H19N3. The van der Waals surface area contributed by atoms with E-state index in [2.05, 4.69) is 18.4 Å². The Kier molecular flexibility index (Phi) is 8.09. The predicted molar refractivity (Wildman–Crippen MR) is 50.1 cm³/mol. The van der Waals surface area contributed by atoms with Gasteiger partial charge in [-0.2, -0.15) is 5.26 Å². The molecule has 0 radical (unpaired) electrons. The normalized spacial score (nSPS) is 12.4. The van der Waals surface area contributed by atoms with E-state index in [-0.39, 0.29) is 0 Å². The Balaban J connectivity index is 3.34. The van der Waals surface area contributed by atoms with Gasteiger partial charge < -0.3 is 0 Å². The molecule has 0 saturated heterocycles. The van der Waals surface area contributed by atoms with Gasteiger partial charge in [0.05, 0.1) is 6.07 Å². The van der Waals surface area contributed by atoms with Crippen LogP contribution in [0.4, 0.5) is 0 Å². The summed E-state index contributed by atoms with van der Waals surface area (Å²) in [5, 5.41) is 8.36. The molecule has 0 aromatic carbocycles. The molecule has 3 nitrogen and oxygen atoms in total. The number of hydrogen-bond donors (Lipinski definition) is 2. The first-order valence-electron chi connectivity index (χ1n) is 4.68. The van der Waals surface area contributed by atoms with E-state index in [1.165, 1.54) is 19.3 Å². The number of rotatable bonds is 7. The molecule has 0 aliphatic heterocycles. The van der Waals surface area contributed by atoms with Crippen molar-refractivity contribution in [2.45, 2.75) is 51.5 Å². The van der Waals surface area contributed by atoms with Crippen LogP contribution in [0.1, 0.15) is 45.4 Å². The second-order valence-corrected chi connectivity index (χ2v) is 3.06. The number of nitrogens with zero attached hydrogens (tertiary/aromatic N) is 1. The average molecular weight is 169 g/mol. The Bertz CT molecular complexity index is 128. The third-order valence-electron chi connectivity index (χ3n) is 2.00. The Labute approximate surface area is 74.9 Å². The van der Waals surface area contributed by atoms with Gasteiger partial charge in [-0.1, -0.05) is 26.2 Å². The van der Waals surface area contributed by atoms with E-state index < -0.39 is 0 Å². The van der Waals surface area contributed by atoms with Crippen LogP contribution in [0, 0.1) is 11.3 Å². The number of nitrogens with two attached hydrogens (primary N) is 1. The molecule has 0 rings (SSSR count). The number of hydrogen-bond acceptors (Lipinski definition) is 3. The summed E-state index contributed by atoms with van der Waals surface area (Å²) in [5.74, 6) is 5.34. The van der Waals surface area contributed by atoms with Crippen molar-refractivity contribution in [3.05, 3.63) is 0 Å². The molecule has 0 fully saturated rings. The molecule has 3 heteroatoms. The lowest BCUT2D eigenvalue weighted by Gasteiger charge is -2.13. The van der Waals surface area contributed by atoms with E-state index in [4.69, 9.17) is 11.1 Å². The number of unbranched alkanes of at least 4 members (excludes halogenated alkanes) is 2. The first-order chi connectivity index (χ1) is 5.85. The van der Waals surface area contributed by atoms with Crippen molar-refractivity contribution in [2.75, 3.05) is 0 Å². The van der Waals surface area contributed by atoms with Crippen LogP contribution in [0.5, 0.6) is 0 Å². The van der Waals surface area contributed by atoms with Crippen molar-refractivity contribution in [2.24, 2.45) is 5.84 Å². The highest BCUT2D eigenvalue weighted by Gasteiger charge is 2.04. The predicted octanol–water partition coefficient (Wildman–Crippen LogP) is 1.70. The smallest absolute Gasteiger partial charge is 0.0622 e. The number of hydrazine groups is 1. The van der Waals surface area contributed by atoms with Crippen LogP contribution >= 0.6 is 0 Å². The Morgan fingerprint density at radius 1 is 1.42 bits per heavy atom. The minimum Gasteiger partial charge on any atom is -0.271 e. The molecule has 12 heavy (non-hydrogen) atoms. The van der Waals surface area contributed by atoms with Gasteiger partial charge >= 0.3 is 0 Å². The molecule has 1 atom stereocenters. The van der Waals surface area contributed by atoms with E-state index >= 15 is 0 Å². The van der Waals surface area contributed by atoms with Crippen LogP contribution < -0.4 is 11.3 Å². The summed E-state index contributed by atoms with van der Waals surface area (Å²) in [4.78, 5) is 0. The summed E-state index contributed by atoms with van der Waals surface area (Å²) in [6.07, 6.45) is 6.25. The molecule has 0 heterocycles. The van der Waals surface area contributed by atoms with E-state index in [9.17, 15) is 0 Å². The van der Waals surface area contributed by atoms with Gasteiger partial charge in [0, 0.05) is 12.5 Å². The molecule has 0 aliphatic rings. The maximum absolute atomic E-state index is 8.36. The monoisotopic (exact) mass is 169 g/mol. The fraction of sp³-hybridized carbons (Fsp3) is 0.889. The van der Waals surface area contributed by atoms with Crippen LogP contribution in [0.2, 0.25) is 0 Å². The maximum atomic E-state index is 8.36. The van der Waals surface area contributed by atoms with Crippen molar-refractivity contribution >= 4 is 0 Å². The molecule has 0 amide bonds. The summed E-state index contributed by atoms with van der Waals surface area (Å²) >= 11 is 0. The molecular weight excluding hydrogens is 150 g/mol. The zero-order valence-electron chi connectivity index (χ0n) is 7.84. The van der Waals surface area contributed by atoms with Crippen molar-refractivity contribution in [1.82, 2.24) is 5.43 Å². The summed E-state index contributed by atoms with van der Waals surface area (Å²) in [5.41, 5.74) is 2.74. The molecule has 0 aromatic heterocycles. The van der Waals surface area contributed by atoms with Crippen LogP contribution in [0.25, 0.3) is 0 Å². The minimum absolute atomic E-state index is 0.330. The minimum atomic E-state index is 0.330. The van der Waals surface area contributed by atoms with Crippen molar-refractivity contribution < 1.29 is 0 Å². The summed E-state index contributed by atoms with van der Waals surface area (Å²) in [6.45, 7) is 2.18. The van der Waals surface area contributed by atoms with Gasteiger partial charge in [0.25, 0.3) is 0 Å². The molecule has 0 spiro atoms. The van der Waals surface area contributed by atoms with Crippen molar-refractivity contribution in [3.8, 4) is 6.07 Å². The molecule has 1 unspecified atom stereocenters. The second-order valence-electron chi connectivity index (χ2n) is 3.06. The average Bonchev–Trinajstić information content (AvgIpc) is 2.11. The quantitative estimate of drug-likeness (QED) is 0.346. The highest BCUT2D eigenvalue weighted by atomic mass is 15.2. The van der Waals surface area contributed by atoms with Crippen LogP contribution in [0.15, 0.2) is 0 Å². The molecule has 70 valence electrons.